The van der Waals surface area contributed by atoms with Crippen molar-refractivity contribution in [2.24, 2.45) is 0 Å². The third-order valence-electron chi connectivity index (χ3n) is 3.14. The van der Waals surface area contributed by atoms with E-state index < -0.39 is 0 Å². The molecule has 0 saturated carbocycles. The van der Waals surface area contributed by atoms with Gasteiger partial charge in [0.1, 0.15) is 0 Å². The summed E-state index contributed by atoms with van der Waals surface area (Å²) >= 11 is 0. The van der Waals surface area contributed by atoms with Gasteiger partial charge < -0.3 is 0 Å². The molecule has 0 amide bonds. The van der Waals surface area contributed by atoms with Gasteiger partial charge in [-0.3, -0.25) is 4.79 Å². The van der Waals surface area contributed by atoms with Gasteiger partial charge >= 0.3 is 0 Å². The number of carbonyl (C=O) groups excluding carboxylic acids is 1. The molecule has 0 bridgehead atoms. The van der Waals surface area contributed by atoms with Crippen LogP contribution in [0, 0.1) is 11.8 Å². The highest BCUT2D eigenvalue weighted by atomic mass is 16.1. The summed E-state index contributed by atoms with van der Waals surface area (Å²) in [6, 6.07) is 10.5. The monoisotopic (exact) mass is 206 g/mol. The van der Waals surface area contributed by atoms with Crippen molar-refractivity contribution in [2.45, 2.75) is 12.8 Å². The van der Waals surface area contributed by atoms with E-state index in [9.17, 15) is 4.79 Å². The van der Waals surface area contributed by atoms with Crippen molar-refractivity contribution in [3.63, 3.8) is 0 Å². The average molecular weight is 206 g/mol. The fraction of sp³-hybridized carbons (Fsp3) is 0.133. The molecule has 16 heavy (non-hydrogen) atoms. The first-order valence-electron chi connectivity index (χ1n) is 5.39. The Morgan fingerprint density at radius 3 is 2.69 bits per heavy atom. The van der Waals surface area contributed by atoms with Crippen molar-refractivity contribution < 1.29 is 4.79 Å². The molecule has 0 saturated heterocycles. The maximum absolute atomic E-state index is 10.3. The van der Waals surface area contributed by atoms with Crippen LogP contribution in [0.1, 0.15) is 16.7 Å². The summed E-state index contributed by atoms with van der Waals surface area (Å²) in [5.74, 6) is 5.39. The molecule has 1 heteroatoms. The number of aryl methyl sites for hydroxylation is 2. The Morgan fingerprint density at radius 2 is 1.88 bits per heavy atom. The fourth-order valence-electron chi connectivity index (χ4n) is 2.46. The lowest BCUT2D eigenvalue weighted by Crippen LogP contribution is -1.83. The van der Waals surface area contributed by atoms with Crippen LogP contribution in [-0.2, 0) is 17.6 Å². The van der Waals surface area contributed by atoms with Gasteiger partial charge in [0.05, 0.1) is 0 Å². The normalized spacial score (nSPS) is 12.2. The van der Waals surface area contributed by atoms with Crippen molar-refractivity contribution in [1.29, 1.82) is 0 Å². The summed E-state index contributed by atoms with van der Waals surface area (Å²) in [7, 11) is 0. The van der Waals surface area contributed by atoms with Gasteiger partial charge in [-0.1, -0.05) is 30.2 Å². The van der Waals surface area contributed by atoms with Gasteiger partial charge in [-0.25, -0.2) is 0 Å². The zero-order chi connectivity index (χ0) is 11.0. The second-order valence-corrected chi connectivity index (χ2v) is 4.00. The smallest absolute Gasteiger partial charge is 0.193 e. The third-order valence-corrected chi connectivity index (χ3v) is 3.14. The van der Waals surface area contributed by atoms with Crippen molar-refractivity contribution >= 4 is 17.1 Å². The summed E-state index contributed by atoms with van der Waals surface area (Å²) in [6.45, 7) is 0. The molecule has 1 aliphatic carbocycles. The van der Waals surface area contributed by atoms with E-state index in [1.54, 1.807) is 0 Å². The molecule has 0 N–H and O–H groups in total. The fourth-order valence-corrected chi connectivity index (χ4v) is 2.46. The quantitative estimate of drug-likeness (QED) is 0.478. The van der Waals surface area contributed by atoms with Crippen LogP contribution in [0.2, 0.25) is 0 Å². The highest BCUT2D eigenvalue weighted by Gasteiger charge is 2.14. The first-order valence-corrected chi connectivity index (χ1v) is 5.39. The topological polar surface area (TPSA) is 17.1 Å². The Morgan fingerprint density at radius 1 is 1.06 bits per heavy atom. The molecule has 76 valence electrons. The lowest BCUT2D eigenvalue weighted by atomic mass is 10.0. The van der Waals surface area contributed by atoms with Crippen LogP contribution in [0.4, 0.5) is 0 Å². The number of hydrogen-bond donors (Lipinski definition) is 0. The molecule has 0 aliphatic heterocycles. The van der Waals surface area contributed by atoms with Crippen LogP contribution in [0.15, 0.2) is 30.3 Å². The van der Waals surface area contributed by atoms with E-state index in [0.29, 0.717) is 6.29 Å². The molecule has 0 spiro atoms. The molecular weight excluding hydrogens is 196 g/mol. The molecule has 0 heterocycles. The van der Waals surface area contributed by atoms with E-state index in [-0.39, 0.29) is 0 Å². The lowest BCUT2D eigenvalue weighted by Gasteiger charge is -2.03. The standard InChI is InChI=1S/C15H10O/c16-10-2-4-11-6-7-13-9-8-12-3-1-5-14(11)15(12)13/h1,3,5-7,10H,8-9H2. The molecule has 0 radical (unpaired) electrons. The highest BCUT2D eigenvalue weighted by molar-refractivity contribution is 5.95. The van der Waals surface area contributed by atoms with Crippen molar-refractivity contribution in [2.75, 3.05) is 0 Å². The first kappa shape index (κ1) is 9.18. The molecule has 1 nitrogen and oxygen atoms in total. The Hall–Kier alpha value is -2.07. The molecule has 0 fully saturated rings. The summed E-state index contributed by atoms with van der Waals surface area (Å²) in [5.41, 5.74) is 3.76. The molecule has 1 aliphatic rings. The molecule has 0 unspecified atom stereocenters. The van der Waals surface area contributed by atoms with E-state index >= 15 is 0 Å². The van der Waals surface area contributed by atoms with Gasteiger partial charge in [0.25, 0.3) is 0 Å². The highest BCUT2D eigenvalue weighted by Crippen LogP contribution is 2.32. The Kier molecular flexibility index (Phi) is 2.01. The molecule has 2 aromatic rings. The van der Waals surface area contributed by atoms with Gasteiger partial charge in [0, 0.05) is 5.56 Å². The van der Waals surface area contributed by atoms with Crippen molar-refractivity contribution in [3.8, 4) is 11.8 Å². The van der Waals surface area contributed by atoms with Gasteiger partial charge in [0.2, 0.25) is 0 Å². The van der Waals surface area contributed by atoms with E-state index in [1.807, 2.05) is 6.07 Å². The predicted octanol–water partition coefficient (Wildman–Crippen LogP) is 2.49. The summed E-state index contributed by atoms with van der Waals surface area (Å²) in [4.78, 5) is 10.3. The number of aldehydes is 1. The van der Waals surface area contributed by atoms with Crippen LogP contribution < -0.4 is 0 Å². The molecular formula is C15H10O. The Labute approximate surface area is 94.1 Å². The van der Waals surface area contributed by atoms with Crippen molar-refractivity contribution in [3.05, 3.63) is 47.0 Å². The summed E-state index contributed by atoms with van der Waals surface area (Å²) in [5, 5.41) is 2.53. The summed E-state index contributed by atoms with van der Waals surface area (Å²) in [6.07, 6.45) is 2.89. The number of rotatable bonds is 0. The molecule has 0 aromatic heterocycles. The van der Waals surface area contributed by atoms with Gasteiger partial charge in [-0.15, -0.1) is 0 Å². The Balaban J connectivity index is 2.38. The van der Waals surface area contributed by atoms with Crippen LogP contribution in [0.5, 0.6) is 0 Å². The van der Waals surface area contributed by atoms with E-state index in [0.717, 1.165) is 18.4 Å². The maximum atomic E-state index is 10.3. The van der Waals surface area contributed by atoms with Crippen LogP contribution in [-0.4, -0.2) is 6.29 Å². The minimum absolute atomic E-state index is 0.642. The third kappa shape index (κ3) is 1.24. The van der Waals surface area contributed by atoms with Crippen LogP contribution in [0.25, 0.3) is 10.8 Å². The number of hydrogen-bond acceptors (Lipinski definition) is 1. The Bertz CT molecular complexity index is 631. The van der Waals surface area contributed by atoms with Crippen molar-refractivity contribution in [1.82, 2.24) is 0 Å². The largest absolute Gasteiger partial charge is 0.289 e. The zero-order valence-electron chi connectivity index (χ0n) is 8.79. The average Bonchev–Trinajstić information content (AvgIpc) is 2.74. The first-order chi connectivity index (χ1) is 7.90. The van der Waals surface area contributed by atoms with E-state index in [2.05, 4.69) is 36.1 Å². The summed E-state index contributed by atoms with van der Waals surface area (Å²) < 4.78 is 0. The van der Waals surface area contributed by atoms with Gasteiger partial charge in [-0.2, -0.15) is 0 Å². The lowest BCUT2D eigenvalue weighted by molar-refractivity contribution is -0.103. The second kappa shape index (κ2) is 3.50. The SMILES string of the molecule is O=CC#Cc1ccc2c3c(cccc13)CC2. The molecule has 3 rings (SSSR count). The molecule has 2 aromatic carbocycles. The van der Waals surface area contributed by atoms with Crippen LogP contribution >= 0.6 is 0 Å². The number of benzene rings is 2. The zero-order valence-corrected chi connectivity index (χ0v) is 8.79. The van der Waals surface area contributed by atoms with E-state index in [4.69, 9.17) is 0 Å². The minimum Gasteiger partial charge on any atom is -0.289 e. The van der Waals surface area contributed by atoms with E-state index in [1.165, 1.54) is 21.9 Å². The predicted molar refractivity (Wildman–Crippen MR) is 64.3 cm³/mol. The second-order valence-electron chi connectivity index (χ2n) is 4.00. The molecule has 0 atom stereocenters. The van der Waals surface area contributed by atoms with Gasteiger partial charge in [-0.05, 0) is 46.7 Å². The number of carbonyl (C=O) groups is 1. The minimum atomic E-state index is 0.642. The van der Waals surface area contributed by atoms with Crippen LogP contribution in [0.3, 0.4) is 0 Å². The van der Waals surface area contributed by atoms with Gasteiger partial charge in [0.15, 0.2) is 6.29 Å². The maximum Gasteiger partial charge on any atom is 0.193 e.